The van der Waals surface area contributed by atoms with Crippen LogP contribution in [0.4, 0.5) is 0 Å². The van der Waals surface area contributed by atoms with Crippen LogP contribution in [-0.2, 0) is 0 Å². The van der Waals surface area contributed by atoms with Crippen LogP contribution in [0.2, 0.25) is 10.0 Å². The number of halogens is 2. The normalized spacial score (nSPS) is 12.3. The monoisotopic (exact) mass is 296 g/mol. The number of hydrogen-bond acceptors (Lipinski definition) is 2. The molecule has 0 fully saturated rings. The summed E-state index contributed by atoms with van der Waals surface area (Å²) in [5.74, 6) is 1.22. The molecule has 1 unspecified atom stereocenters. The van der Waals surface area contributed by atoms with Crippen molar-refractivity contribution in [3.63, 3.8) is 0 Å². The summed E-state index contributed by atoms with van der Waals surface area (Å²) in [6, 6.07) is 10.6. The van der Waals surface area contributed by atoms with E-state index in [1.165, 1.54) is 0 Å². The molecule has 2 aromatic carbocycles. The van der Waals surface area contributed by atoms with Gasteiger partial charge in [-0.3, -0.25) is 0 Å². The minimum Gasteiger partial charge on any atom is -0.456 e. The molecule has 0 saturated heterocycles. The van der Waals surface area contributed by atoms with Gasteiger partial charge < -0.3 is 9.84 Å². The quantitative estimate of drug-likeness (QED) is 0.849. The van der Waals surface area contributed by atoms with E-state index in [2.05, 4.69) is 0 Å². The Morgan fingerprint density at radius 3 is 2.37 bits per heavy atom. The first-order valence-corrected chi connectivity index (χ1v) is 6.64. The van der Waals surface area contributed by atoms with Crippen molar-refractivity contribution in [1.82, 2.24) is 0 Å². The summed E-state index contributed by atoms with van der Waals surface area (Å²) in [7, 11) is 0. The Morgan fingerprint density at radius 2 is 1.79 bits per heavy atom. The van der Waals surface area contributed by atoms with E-state index in [0.29, 0.717) is 21.5 Å². The van der Waals surface area contributed by atoms with E-state index in [0.717, 1.165) is 11.1 Å². The Hall–Kier alpha value is -1.22. The van der Waals surface area contributed by atoms with Crippen molar-refractivity contribution in [3.05, 3.63) is 57.6 Å². The van der Waals surface area contributed by atoms with E-state index in [-0.39, 0.29) is 0 Å². The lowest BCUT2D eigenvalue weighted by atomic mass is 10.1. The molecule has 0 amide bonds. The van der Waals surface area contributed by atoms with Crippen molar-refractivity contribution < 1.29 is 9.84 Å². The van der Waals surface area contributed by atoms with Crippen LogP contribution in [0.25, 0.3) is 0 Å². The van der Waals surface area contributed by atoms with Crippen molar-refractivity contribution in [3.8, 4) is 11.5 Å². The maximum atomic E-state index is 9.48. The van der Waals surface area contributed by atoms with Gasteiger partial charge >= 0.3 is 0 Å². The van der Waals surface area contributed by atoms with Crippen LogP contribution in [0.15, 0.2) is 36.4 Å². The fourth-order valence-corrected chi connectivity index (χ4v) is 2.01. The van der Waals surface area contributed by atoms with Gasteiger partial charge in [0, 0.05) is 5.02 Å². The molecule has 2 nitrogen and oxygen atoms in total. The zero-order valence-electron chi connectivity index (χ0n) is 10.7. The van der Waals surface area contributed by atoms with E-state index in [4.69, 9.17) is 27.9 Å². The Bertz CT molecular complexity index is 595. The standard InChI is InChI=1S/C15H14Cl2O2/c1-9-7-12(4-5-13(9)16)19-15-6-3-11(10(2)18)8-14(15)17/h3-8,10,18H,1-2H3. The first-order valence-electron chi connectivity index (χ1n) is 5.89. The third-order valence-corrected chi connectivity index (χ3v) is 3.52. The first kappa shape index (κ1) is 14.2. The number of benzene rings is 2. The molecular weight excluding hydrogens is 283 g/mol. The Labute approximate surface area is 122 Å². The molecule has 2 rings (SSSR count). The summed E-state index contributed by atoms with van der Waals surface area (Å²) in [6.07, 6.45) is -0.552. The number of aliphatic hydroxyl groups excluding tert-OH is 1. The second-order valence-electron chi connectivity index (χ2n) is 4.38. The van der Waals surface area contributed by atoms with Crippen molar-refractivity contribution in [2.75, 3.05) is 0 Å². The van der Waals surface area contributed by atoms with Crippen LogP contribution in [0.1, 0.15) is 24.2 Å². The van der Waals surface area contributed by atoms with Crippen molar-refractivity contribution in [1.29, 1.82) is 0 Å². The number of ether oxygens (including phenoxy) is 1. The van der Waals surface area contributed by atoms with E-state index in [9.17, 15) is 5.11 Å². The fourth-order valence-electron chi connectivity index (χ4n) is 1.67. The van der Waals surface area contributed by atoms with Gasteiger partial charge in [-0.05, 0) is 55.3 Å². The fraction of sp³-hybridized carbons (Fsp3) is 0.200. The van der Waals surface area contributed by atoms with Gasteiger partial charge in [-0.15, -0.1) is 0 Å². The number of aryl methyl sites for hydroxylation is 1. The maximum Gasteiger partial charge on any atom is 0.146 e. The summed E-state index contributed by atoms with van der Waals surface area (Å²) < 4.78 is 5.71. The SMILES string of the molecule is Cc1cc(Oc2ccc(C(C)O)cc2Cl)ccc1Cl. The Morgan fingerprint density at radius 1 is 1.05 bits per heavy atom. The van der Waals surface area contributed by atoms with Gasteiger partial charge in [-0.25, -0.2) is 0 Å². The smallest absolute Gasteiger partial charge is 0.146 e. The van der Waals surface area contributed by atoms with Crippen LogP contribution < -0.4 is 4.74 Å². The van der Waals surface area contributed by atoms with Crippen LogP contribution in [-0.4, -0.2) is 5.11 Å². The average Bonchev–Trinajstić information content (AvgIpc) is 2.36. The largest absolute Gasteiger partial charge is 0.456 e. The lowest BCUT2D eigenvalue weighted by molar-refractivity contribution is 0.199. The summed E-state index contributed by atoms with van der Waals surface area (Å²) >= 11 is 12.1. The van der Waals surface area contributed by atoms with Crippen molar-refractivity contribution >= 4 is 23.2 Å². The van der Waals surface area contributed by atoms with Gasteiger partial charge in [0.1, 0.15) is 11.5 Å². The van der Waals surface area contributed by atoms with Crippen molar-refractivity contribution in [2.24, 2.45) is 0 Å². The van der Waals surface area contributed by atoms with E-state index >= 15 is 0 Å². The molecule has 0 spiro atoms. The molecular formula is C15H14Cl2O2. The van der Waals surface area contributed by atoms with Gasteiger partial charge in [-0.1, -0.05) is 29.3 Å². The minimum atomic E-state index is -0.552. The molecule has 19 heavy (non-hydrogen) atoms. The lowest BCUT2D eigenvalue weighted by Gasteiger charge is -2.11. The highest BCUT2D eigenvalue weighted by Gasteiger charge is 2.08. The highest BCUT2D eigenvalue weighted by atomic mass is 35.5. The molecule has 0 bridgehead atoms. The van der Waals surface area contributed by atoms with Gasteiger partial charge in [0.15, 0.2) is 0 Å². The van der Waals surface area contributed by atoms with Gasteiger partial charge in [0.05, 0.1) is 11.1 Å². The van der Waals surface area contributed by atoms with Gasteiger partial charge in [0.2, 0.25) is 0 Å². The number of rotatable bonds is 3. The molecule has 0 saturated carbocycles. The molecule has 0 aliphatic rings. The molecule has 2 aromatic rings. The zero-order valence-corrected chi connectivity index (χ0v) is 12.2. The molecule has 0 heterocycles. The molecule has 0 aliphatic carbocycles. The average molecular weight is 297 g/mol. The number of hydrogen-bond donors (Lipinski definition) is 1. The second kappa shape index (κ2) is 5.83. The highest BCUT2D eigenvalue weighted by molar-refractivity contribution is 6.32. The highest BCUT2D eigenvalue weighted by Crippen LogP contribution is 2.32. The Balaban J connectivity index is 2.25. The summed E-state index contributed by atoms with van der Waals surface area (Å²) in [5, 5.41) is 10.6. The molecule has 1 atom stereocenters. The summed E-state index contributed by atoms with van der Waals surface area (Å²) in [6.45, 7) is 3.60. The Kier molecular flexibility index (Phi) is 4.35. The van der Waals surface area contributed by atoms with Crippen LogP contribution in [0.3, 0.4) is 0 Å². The summed E-state index contributed by atoms with van der Waals surface area (Å²) in [5.41, 5.74) is 1.69. The van der Waals surface area contributed by atoms with E-state index < -0.39 is 6.10 Å². The van der Waals surface area contributed by atoms with Crippen molar-refractivity contribution in [2.45, 2.75) is 20.0 Å². The van der Waals surface area contributed by atoms with E-state index in [1.807, 2.05) is 13.0 Å². The third kappa shape index (κ3) is 3.41. The molecule has 1 N–H and O–H groups in total. The molecule has 4 heteroatoms. The molecule has 100 valence electrons. The van der Waals surface area contributed by atoms with E-state index in [1.54, 1.807) is 37.3 Å². The topological polar surface area (TPSA) is 29.5 Å². The van der Waals surface area contributed by atoms with Gasteiger partial charge in [0.25, 0.3) is 0 Å². The molecule has 0 aliphatic heterocycles. The predicted molar refractivity (Wildman–Crippen MR) is 78.3 cm³/mol. The molecule has 0 radical (unpaired) electrons. The van der Waals surface area contributed by atoms with Gasteiger partial charge in [-0.2, -0.15) is 0 Å². The first-order chi connectivity index (χ1) is 8.97. The zero-order chi connectivity index (χ0) is 14.0. The summed E-state index contributed by atoms with van der Waals surface area (Å²) in [4.78, 5) is 0. The lowest BCUT2D eigenvalue weighted by Crippen LogP contribution is -1.92. The van der Waals surface area contributed by atoms with Crippen LogP contribution in [0.5, 0.6) is 11.5 Å². The third-order valence-electron chi connectivity index (χ3n) is 2.80. The number of aliphatic hydroxyl groups is 1. The predicted octanol–water partition coefficient (Wildman–Crippen LogP) is 5.15. The van der Waals surface area contributed by atoms with Crippen LogP contribution in [0, 0.1) is 6.92 Å². The second-order valence-corrected chi connectivity index (χ2v) is 5.19. The maximum absolute atomic E-state index is 9.48. The van der Waals surface area contributed by atoms with Crippen LogP contribution >= 0.6 is 23.2 Å². The molecule has 0 aromatic heterocycles. The minimum absolute atomic E-state index is 0.464.